The number of nitrogens with one attached hydrogen (secondary N) is 1. The second kappa shape index (κ2) is 7.15. The first kappa shape index (κ1) is 19.5. The van der Waals surface area contributed by atoms with Crippen LogP contribution in [-0.2, 0) is 9.47 Å². The Morgan fingerprint density at radius 1 is 1.19 bits per heavy atom. The average molecular weight is 437 g/mol. The largest absolute Gasteiger partial charge is 0.354 e. The van der Waals surface area contributed by atoms with Gasteiger partial charge in [0.1, 0.15) is 6.33 Å². The number of hydrogen-bond acceptors (Lipinski definition) is 5. The summed E-state index contributed by atoms with van der Waals surface area (Å²) in [5.74, 6) is 0.737. The Morgan fingerprint density at radius 2 is 1.97 bits per heavy atom. The van der Waals surface area contributed by atoms with E-state index in [0.29, 0.717) is 11.8 Å². The van der Waals surface area contributed by atoms with Crippen LogP contribution in [0.1, 0.15) is 67.4 Å². The van der Waals surface area contributed by atoms with Gasteiger partial charge in [0.05, 0.1) is 29.1 Å². The van der Waals surface area contributed by atoms with Gasteiger partial charge in [0, 0.05) is 29.5 Å². The molecule has 1 aliphatic heterocycles. The van der Waals surface area contributed by atoms with Crippen LogP contribution in [0, 0.1) is 6.92 Å². The minimum atomic E-state index is -0.289. The van der Waals surface area contributed by atoms with Crippen molar-refractivity contribution in [2.45, 2.75) is 64.1 Å². The van der Waals surface area contributed by atoms with Crippen molar-refractivity contribution in [3.63, 3.8) is 0 Å². The molecular weight excluding hydrogens is 408 g/mol. The summed E-state index contributed by atoms with van der Waals surface area (Å²) in [6.07, 6.45) is 7.97. The van der Waals surface area contributed by atoms with E-state index in [1.54, 1.807) is 6.33 Å². The highest BCUT2D eigenvalue weighted by Gasteiger charge is 2.41. The van der Waals surface area contributed by atoms with E-state index < -0.39 is 0 Å². The van der Waals surface area contributed by atoms with Crippen molar-refractivity contribution in [2.24, 2.45) is 0 Å². The minimum Gasteiger partial charge on any atom is -0.354 e. The van der Waals surface area contributed by atoms with E-state index in [1.807, 2.05) is 15.9 Å². The van der Waals surface area contributed by atoms with Gasteiger partial charge in [-0.1, -0.05) is 13.8 Å². The van der Waals surface area contributed by atoms with Crippen LogP contribution in [-0.4, -0.2) is 38.6 Å². The number of pyridine rings is 1. The molecule has 1 saturated heterocycles. The second-order valence-electron chi connectivity index (χ2n) is 9.28. The zero-order valence-corrected chi connectivity index (χ0v) is 19.1. The molecule has 2 fully saturated rings. The van der Waals surface area contributed by atoms with E-state index in [0.717, 1.165) is 50.1 Å². The first-order valence-corrected chi connectivity index (χ1v) is 12.1. The molecule has 0 aromatic carbocycles. The highest BCUT2D eigenvalue weighted by atomic mass is 32.1. The smallest absolute Gasteiger partial charge is 0.168 e. The van der Waals surface area contributed by atoms with E-state index in [-0.39, 0.29) is 5.79 Å². The number of hydrogen-bond donors (Lipinski definition) is 1. The fourth-order valence-corrected chi connectivity index (χ4v) is 6.84. The van der Waals surface area contributed by atoms with Crippen LogP contribution in [0.4, 0.5) is 0 Å². The van der Waals surface area contributed by atoms with Crippen molar-refractivity contribution < 1.29 is 9.47 Å². The molecular formula is C24H28N4O2S. The average Bonchev–Trinajstić information content (AvgIpc) is 3.51. The Hall–Kier alpha value is -2.22. The molecule has 7 heteroatoms. The van der Waals surface area contributed by atoms with E-state index in [2.05, 4.69) is 54.2 Å². The van der Waals surface area contributed by atoms with E-state index in [9.17, 15) is 0 Å². The number of aromatic nitrogens is 4. The van der Waals surface area contributed by atoms with Crippen molar-refractivity contribution in [1.29, 1.82) is 0 Å². The maximum Gasteiger partial charge on any atom is 0.168 e. The first-order valence-electron chi connectivity index (χ1n) is 11.3. The molecule has 1 spiro atoms. The summed E-state index contributed by atoms with van der Waals surface area (Å²) >= 11 is 1.97. The molecule has 0 amide bonds. The molecule has 2 aliphatic rings. The Bertz CT molecular complexity index is 1250. The molecule has 1 saturated carbocycles. The third-order valence-electron chi connectivity index (χ3n) is 6.91. The summed E-state index contributed by atoms with van der Waals surface area (Å²) in [6.45, 7) is 8.15. The maximum atomic E-state index is 5.92. The number of ether oxygens (including phenoxy) is 2. The molecule has 6 rings (SSSR count). The van der Waals surface area contributed by atoms with Gasteiger partial charge in [0.15, 0.2) is 11.4 Å². The molecule has 0 unspecified atom stereocenters. The molecule has 4 aromatic heterocycles. The summed E-state index contributed by atoms with van der Waals surface area (Å²) in [5.41, 5.74) is 7.08. The lowest BCUT2D eigenvalue weighted by Gasteiger charge is -2.35. The normalized spacial score (nSPS) is 19.5. The monoisotopic (exact) mass is 436 g/mol. The summed E-state index contributed by atoms with van der Waals surface area (Å²) in [4.78, 5) is 9.60. The van der Waals surface area contributed by atoms with Gasteiger partial charge in [-0.25, -0.2) is 9.50 Å². The fourth-order valence-electron chi connectivity index (χ4n) is 5.36. The van der Waals surface area contributed by atoms with Crippen LogP contribution in [0.5, 0.6) is 0 Å². The molecule has 1 aliphatic carbocycles. The third kappa shape index (κ3) is 3.13. The van der Waals surface area contributed by atoms with E-state index in [1.165, 1.54) is 31.9 Å². The number of thiophene rings is 1. The third-order valence-corrected chi connectivity index (χ3v) is 8.24. The van der Waals surface area contributed by atoms with Gasteiger partial charge in [-0.05, 0) is 54.9 Å². The van der Waals surface area contributed by atoms with Crippen molar-refractivity contribution in [1.82, 2.24) is 19.6 Å². The van der Waals surface area contributed by atoms with Crippen molar-refractivity contribution in [2.75, 3.05) is 13.2 Å². The van der Waals surface area contributed by atoms with E-state index in [4.69, 9.17) is 9.47 Å². The van der Waals surface area contributed by atoms with Gasteiger partial charge >= 0.3 is 0 Å². The predicted molar refractivity (Wildman–Crippen MR) is 123 cm³/mol. The quantitative estimate of drug-likeness (QED) is 0.443. The molecule has 162 valence electrons. The minimum absolute atomic E-state index is 0.289. The number of aryl methyl sites for hydroxylation is 1. The van der Waals surface area contributed by atoms with Crippen LogP contribution in [0.25, 0.3) is 27.1 Å². The molecule has 31 heavy (non-hydrogen) atoms. The van der Waals surface area contributed by atoms with Crippen LogP contribution in [0.15, 0.2) is 24.7 Å². The molecule has 0 radical (unpaired) electrons. The predicted octanol–water partition coefficient (Wildman–Crippen LogP) is 5.77. The van der Waals surface area contributed by atoms with Crippen molar-refractivity contribution >= 4 is 27.2 Å². The molecule has 5 heterocycles. The lowest BCUT2D eigenvalue weighted by atomic mass is 9.84. The molecule has 1 N–H and O–H groups in total. The highest BCUT2D eigenvalue weighted by molar-refractivity contribution is 7.19. The Kier molecular flexibility index (Phi) is 4.49. The summed E-state index contributed by atoms with van der Waals surface area (Å²) < 4.78 is 15.1. The molecule has 0 atom stereocenters. The number of nitrogens with zero attached hydrogens (tertiary/aromatic N) is 3. The standard InChI is InChI=1S/C24H28N4O2S/c1-14(2)20-21(17-10-15(3)23-25-13-26-28(23)12-17)27-18-11-19(31-22(18)20)16-4-6-24(7-5-16)29-8-9-30-24/h10-14,16,27H,4-9H2,1-3H3. The van der Waals surface area contributed by atoms with Crippen molar-refractivity contribution in [3.05, 3.63) is 40.7 Å². The number of H-pyrrole nitrogens is 1. The zero-order valence-electron chi connectivity index (χ0n) is 18.3. The maximum absolute atomic E-state index is 5.92. The number of aromatic amines is 1. The van der Waals surface area contributed by atoms with Gasteiger partial charge in [0.2, 0.25) is 0 Å². The lowest BCUT2D eigenvalue weighted by molar-refractivity contribution is -0.178. The number of rotatable bonds is 3. The van der Waals surface area contributed by atoms with Gasteiger partial charge < -0.3 is 14.5 Å². The summed E-state index contributed by atoms with van der Waals surface area (Å²) in [7, 11) is 0. The van der Waals surface area contributed by atoms with E-state index >= 15 is 0 Å². The van der Waals surface area contributed by atoms with Crippen LogP contribution in [0.3, 0.4) is 0 Å². The number of fused-ring (bicyclic) bond motifs is 2. The Labute approximate surface area is 185 Å². The van der Waals surface area contributed by atoms with Gasteiger partial charge in [0.25, 0.3) is 0 Å². The highest BCUT2D eigenvalue weighted by Crippen LogP contribution is 2.47. The Morgan fingerprint density at radius 3 is 2.71 bits per heavy atom. The molecule has 0 bridgehead atoms. The van der Waals surface area contributed by atoms with Gasteiger partial charge in [-0.15, -0.1) is 11.3 Å². The molecule has 6 nitrogen and oxygen atoms in total. The summed E-state index contributed by atoms with van der Waals surface area (Å²) in [5, 5.41) is 4.36. The zero-order chi connectivity index (χ0) is 21.2. The summed E-state index contributed by atoms with van der Waals surface area (Å²) in [6, 6.07) is 4.60. The first-order chi connectivity index (χ1) is 15.0. The second-order valence-corrected chi connectivity index (χ2v) is 10.4. The van der Waals surface area contributed by atoms with Gasteiger partial charge in [-0.3, -0.25) is 0 Å². The lowest BCUT2D eigenvalue weighted by Crippen LogP contribution is -2.34. The topological polar surface area (TPSA) is 64.4 Å². The van der Waals surface area contributed by atoms with Gasteiger partial charge in [-0.2, -0.15) is 5.10 Å². The van der Waals surface area contributed by atoms with Crippen LogP contribution >= 0.6 is 11.3 Å². The Balaban J connectivity index is 1.37. The fraction of sp³-hybridized carbons (Fsp3) is 0.500. The SMILES string of the molecule is Cc1cc(-c2[nH]c3cc(C4CCC5(CC4)OCCO5)sc3c2C(C)C)cn2ncnc12. The van der Waals surface area contributed by atoms with Crippen LogP contribution in [0.2, 0.25) is 0 Å². The molecule has 4 aromatic rings. The van der Waals surface area contributed by atoms with Crippen LogP contribution < -0.4 is 0 Å². The van der Waals surface area contributed by atoms with Crippen molar-refractivity contribution in [3.8, 4) is 11.3 Å².